The first-order valence-corrected chi connectivity index (χ1v) is 5.82. The van der Waals surface area contributed by atoms with E-state index in [9.17, 15) is 5.11 Å². The molecule has 1 heteroatoms. The minimum atomic E-state index is -0.470. The van der Waals surface area contributed by atoms with E-state index >= 15 is 0 Å². The third-order valence-electron chi connectivity index (χ3n) is 2.94. The molecule has 0 heterocycles. The van der Waals surface area contributed by atoms with Crippen molar-refractivity contribution in [2.45, 2.75) is 59.0 Å². The van der Waals surface area contributed by atoms with E-state index in [1.165, 1.54) is 12.0 Å². The van der Waals surface area contributed by atoms with E-state index in [1.54, 1.807) is 0 Å². The molecular weight excluding hydrogens is 184 g/mol. The molecule has 0 saturated heterocycles. The molecule has 0 aromatic carbocycles. The molecule has 1 rings (SSSR count). The number of aliphatic hydroxyl groups is 1. The first-order chi connectivity index (χ1) is 6.99. The highest BCUT2D eigenvalue weighted by Gasteiger charge is 2.16. The highest BCUT2D eigenvalue weighted by Crippen LogP contribution is 2.29. The summed E-state index contributed by atoms with van der Waals surface area (Å²) in [5, 5.41) is 9.61. The molecule has 84 valence electrons. The van der Waals surface area contributed by atoms with E-state index in [0.717, 1.165) is 19.3 Å². The van der Waals surface area contributed by atoms with Gasteiger partial charge in [0, 0.05) is 12.8 Å². The molecule has 0 radical (unpaired) electrons. The summed E-state index contributed by atoms with van der Waals surface area (Å²) in [6.45, 7) is 6.69. The van der Waals surface area contributed by atoms with Crippen LogP contribution in [0.25, 0.3) is 0 Å². The van der Waals surface area contributed by atoms with Crippen molar-refractivity contribution in [3.8, 4) is 11.8 Å². The van der Waals surface area contributed by atoms with Gasteiger partial charge in [0.15, 0.2) is 0 Å². The molecule has 1 aliphatic carbocycles. The summed E-state index contributed by atoms with van der Waals surface area (Å²) in [5.74, 6) is 5.97. The molecule has 1 atom stereocenters. The summed E-state index contributed by atoms with van der Waals surface area (Å²) in [5.41, 5.74) is 1.63. The van der Waals surface area contributed by atoms with Gasteiger partial charge in [0.05, 0.1) is 0 Å². The fraction of sp³-hybridized carbons (Fsp3) is 0.714. The second kappa shape index (κ2) is 5.37. The van der Waals surface area contributed by atoms with Crippen LogP contribution in [0, 0.1) is 17.3 Å². The number of allylic oxidation sites excluding steroid dienone is 1. The maximum Gasteiger partial charge on any atom is 0.118 e. The first-order valence-electron chi connectivity index (χ1n) is 5.82. The average molecular weight is 206 g/mol. The standard InChI is InChI=1S/C14H22O/c1-12-8-10-14(2,3)9-6-4-5-7-13(15)11-12/h8,13,15H,4,6,9-11H2,1-3H3/b12-8-. The fourth-order valence-electron chi connectivity index (χ4n) is 1.84. The van der Waals surface area contributed by atoms with Gasteiger partial charge < -0.3 is 5.11 Å². The lowest BCUT2D eigenvalue weighted by Gasteiger charge is -2.22. The third kappa shape index (κ3) is 5.04. The van der Waals surface area contributed by atoms with Gasteiger partial charge in [-0.2, -0.15) is 0 Å². The van der Waals surface area contributed by atoms with Gasteiger partial charge in [0.1, 0.15) is 6.10 Å². The van der Waals surface area contributed by atoms with E-state index in [0.29, 0.717) is 11.8 Å². The van der Waals surface area contributed by atoms with Gasteiger partial charge in [-0.05, 0) is 31.6 Å². The molecule has 0 spiro atoms. The van der Waals surface area contributed by atoms with Gasteiger partial charge in [-0.3, -0.25) is 0 Å². The number of aliphatic hydroxyl groups excluding tert-OH is 1. The van der Waals surface area contributed by atoms with Crippen LogP contribution in [0.2, 0.25) is 0 Å². The second-order valence-electron chi connectivity index (χ2n) is 5.31. The Balaban J connectivity index is 2.71. The molecule has 0 aliphatic heterocycles. The molecule has 0 aromatic rings. The van der Waals surface area contributed by atoms with Crippen molar-refractivity contribution < 1.29 is 5.11 Å². The third-order valence-corrected chi connectivity index (χ3v) is 2.94. The summed E-state index contributed by atoms with van der Waals surface area (Å²) >= 11 is 0. The van der Waals surface area contributed by atoms with Gasteiger partial charge >= 0.3 is 0 Å². The van der Waals surface area contributed by atoms with Crippen LogP contribution in [0.5, 0.6) is 0 Å². The summed E-state index contributed by atoms with van der Waals surface area (Å²) < 4.78 is 0. The van der Waals surface area contributed by atoms with Crippen LogP contribution >= 0.6 is 0 Å². The minimum absolute atomic E-state index is 0.373. The Kier molecular flexibility index (Phi) is 4.42. The predicted molar refractivity (Wildman–Crippen MR) is 64.4 cm³/mol. The van der Waals surface area contributed by atoms with Crippen molar-refractivity contribution in [3.63, 3.8) is 0 Å². The van der Waals surface area contributed by atoms with Crippen LogP contribution in [0.3, 0.4) is 0 Å². The average Bonchev–Trinajstić information content (AvgIpc) is 2.15. The largest absolute Gasteiger partial charge is 0.380 e. The van der Waals surface area contributed by atoms with Crippen LogP contribution in [0.4, 0.5) is 0 Å². The molecule has 0 saturated carbocycles. The van der Waals surface area contributed by atoms with Gasteiger partial charge in [-0.1, -0.05) is 31.4 Å². The number of hydrogen-bond acceptors (Lipinski definition) is 1. The summed E-state index contributed by atoms with van der Waals surface area (Å²) in [6.07, 6.45) is 6.86. The maximum atomic E-state index is 9.61. The Morgan fingerprint density at radius 2 is 2.20 bits per heavy atom. The molecule has 1 nitrogen and oxygen atoms in total. The van der Waals surface area contributed by atoms with Crippen molar-refractivity contribution in [1.29, 1.82) is 0 Å². The Bertz CT molecular complexity index is 288. The molecule has 0 bridgehead atoms. The highest BCUT2D eigenvalue weighted by atomic mass is 16.3. The van der Waals surface area contributed by atoms with Gasteiger partial charge in [-0.25, -0.2) is 0 Å². The van der Waals surface area contributed by atoms with Crippen molar-refractivity contribution >= 4 is 0 Å². The molecule has 15 heavy (non-hydrogen) atoms. The quantitative estimate of drug-likeness (QED) is 0.476. The van der Waals surface area contributed by atoms with E-state index in [4.69, 9.17) is 0 Å². The predicted octanol–water partition coefficient (Wildman–Crippen LogP) is 3.29. The van der Waals surface area contributed by atoms with Crippen molar-refractivity contribution in [2.75, 3.05) is 0 Å². The summed E-state index contributed by atoms with van der Waals surface area (Å²) in [6, 6.07) is 0. The minimum Gasteiger partial charge on any atom is -0.380 e. The first kappa shape index (κ1) is 12.3. The Morgan fingerprint density at radius 1 is 1.47 bits per heavy atom. The smallest absolute Gasteiger partial charge is 0.118 e. The molecule has 0 amide bonds. The highest BCUT2D eigenvalue weighted by molar-refractivity contribution is 5.11. The van der Waals surface area contributed by atoms with Gasteiger partial charge in [0.25, 0.3) is 0 Å². The van der Waals surface area contributed by atoms with E-state index in [-0.39, 0.29) is 0 Å². The Labute approximate surface area is 93.6 Å². The van der Waals surface area contributed by atoms with Crippen molar-refractivity contribution in [1.82, 2.24) is 0 Å². The number of hydrogen-bond donors (Lipinski definition) is 1. The topological polar surface area (TPSA) is 20.2 Å². The number of rotatable bonds is 0. The Morgan fingerprint density at radius 3 is 2.93 bits per heavy atom. The summed E-state index contributed by atoms with van der Waals surface area (Å²) in [7, 11) is 0. The van der Waals surface area contributed by atoms with Crippen molar-refractivity contribution in [2.24, 2.45) is 5.41 Å². The van der Waals surface area contributed by atoms with Gasteiger partial charge in [-0.15, -0.1) is 5.92 Å². The van der Waals surface area contributed by atoms with Gasteiger partial charge in [0.2, 0.25) is 0 Å². The maximum absolute atomic E-state index is 9.61. The lowest BCUT2D eigenvalue weighted by atomic mass is 9.83. The lowest BCUT2D eigenvalue weighted by Crippen LogP contribution is -2.10. The van der Waals surface area contributed by atoms with E-state index in [2.05, 4.69) is 38.7 Å². The molecule has 0 fully saturated rings. The monoisotopic (exact) mass is 206 g/mol. The SMILES string of the molecule is C/C1=C/CC(C)(C)CCCC#CC(O)C1. The molecule has 1 unspecified atom stereocenters. The second-order valence-corrected chi connectivity index (χ2v) is 5.31. The zero-order chi connectivity index (χ0) is 11.3. The lowest BCUT2D eigenvalue weighted by molar-refractivity contribution is 0.232. The molecule has 1 aliphatic rings. The zero-order valence-electron chi connectivity index (χ0n) is 10.1. The molecule has 0 aromatic heterocycles. The van der Waals surface area contributed by atoms with E-state index in [1.807, 2.05) is 0 Å². The summed E-state index contributed by atoms with van der Waals surface area (Å²) in [4.78, 5) is 0. The van der Waals surface area contributed by atoms with Crippen LogP contribution in [-0.4, -0.2) is 11.2 Å². The Hall–Kier alpha value is -0.740. The zero-order valence-corrected chi connectivity index (χ0v) is 10.1. The normalized spacial score (nSPS) is 30.4. The van der Waals surface area contributed by atoms with Crippen LogP contribution in [0.15, 0.2) is 11.6 Å². The van der Waals surface area contributed by atoms with Crippen LogP contribution in [-0.2, 0) is 0 Å². The molecular formula is C14H22O. The molecule has 1 N–H and O–H groups in total. The fourth-order valence-corrected chi connectivity index (χ4v) is 1.84. The van der Waals surface area contributed by atoms with E-state index < -0.39 is 6.10 Å². The van der Waals surface area contributed by atoms with Crippen LogP contribution < -0.4 is 0 Å². The van der Waals surface area contributed by atoms with Crippen LogP contribution in [0.1, 0.15) is 52.9 Å². The van der Waals surface area contributed by atoms with Crippen molar-refractivity contribution in [3.05, 3.63) is 11.6 Å².